The summed E-state index contributed by atoms with van der Waals surface area (Å²) in [5.74, 6) is 1.57. The summed E-state index contributed by atoms with van der Waals surface area (Å²) in [6, 6.07) is 5.42. The van der Waals surface area contributed by atoms with E-state index in [4.69, 9.17) is 4.74 Å². The van der Waals surface area contributed by atoms with Crippen molar-refractivity contribution in [3.8, 4) is 11.5 Å². The maximum Gasteiger partial charge on any atom is 0.119 e. The van der Waals surface area contributed by atoms with Crippen LogP contribution in [0, 0.1) is 0 Å². The Bertz CT molecular complexity index is 294. The Morgan fingerprint density at radius 2 is 2.07 bits per heavy atom. The smallest absolute Gasteiger partial charge is 0.119 e. The minimum Gasteiger partial charge on any atom is -0.508 e. The van der Waals surface area contributed by atoms with Gasteiger partial charge in [-0.15, -0.1) is 0 Å². The van der Waals surface area contributed by atoms with Crippen LogP contribution >= 0.6 is 0 Å². The fourth-order valence-corrected chi connectivity index (χ4v) is 1.40. The van der Waals surface area contributed by atoms with E-state index in [0.717, 1.165) is 17.7 Å². The SMILES string of the molecule is CCOc1ccc(O)c(C(C)CC)c1. The highest BCUT2D eigenvalue weighted by molar-refractivity contribution is 5.41. The summed E-state index contributed by atoms with van der Waals surface area (Å²) in [5, 5.41) is 9.65. The maximum absolute atomic E-state index is 9.65. The molecule has 0 fully saturated rings. The molecular weight excluding hydrogens is 176 g/mol. The Morgan fingerprint density at radius 3 is 2.64 bits per heavy atom. The Balaban J connectivity index is 2.95. The molecule has 1 aromatic rings. The molecule has 2 nitrogen and oxygen atoms in total. The van der Waals surface area contributed by atoms with Gasteiger partial charge in [0.1, 0.15) is 11.5 Å². The number of aromatic hydroxyl groups is 1. The van der Waals surface area contributed by atoms with Gasteiger partial charge >= 0.3 is 0 Å². The molecule has 0 heterocycles. The zero-order valence-corrected chi connectivity index (χ0v) is 9.08. The number of phenols is 1. The van der Waals surface area contributed by atoms with E-state index in [1.807, 2.05) is 13.0 Å². The average Bonchev–Trinajstić information content (AvgIpc) is 2.20. The summed E-state index contributed by atoms with van der Waals surface area (Å²) in [7, 11) is 0. The van der Waals surface area contributed by atoms with Gasteiger partial charge in [0.05, 0.1) is 6.61 Å². The van der Waals surface area contributed by atoms with E-state index < -0.39 is 0 Å². The van der Waals surface area contributed by atoms with Gasteiger partial charge in [0, 0.05) is 5.56 Å². The fraction of sp³-hybridized carbons (Fsp3) is 0.500. The summed E-state index contributed by atoms with van der Waals surface area (Å²) in [4.78, 5) is 0. The van der Waals surface area contributed by atoms with Crippen molar-refractivity contribution >= 4 is 0 Å². The number of ether oxygens (including phenoxy) is 1. The molecule has 2 heteroatoms. The van der Waals surface area contributed by atoms with E-state index in [1.165, 1.54) is 0 Å². The van der Waals surface area contributed by atoms with E-state index in [-0.39, 0.29) is 0 Å². The second-order valence-electron chi connectivity index (χ2n) is 3.46. The zero-order chi connectivity index (χ0) is 10.6. The molecule has 0 radical (unpaired) electrons. The van der Waals surface area contributed by atoms with Crippen molar-refractivity contribution in [3.63, 3.8) is 0 Å². The van der Waals surface area contributed by atoms with E-state index in [0.29, 0.717) is 18.3 Å². The van der Waals surface area contributed by atoms with Crippen LogP contribution in [-0.4, -0.2) is 11.7 Å². The minimum atomic E-state index is 0.364. The Labute approximate surface area is 85.5 Å². The van der Waals surface area contributed by atoms with Gasteiger partial charge in [-0.05, 0) is 37.5 Å². The molecule has 0 bridgehead atoms. The Hall–Kier alpha value is -1.18. The molecular formula is C12H18O2. The zero-order valence-electron chi connectivity index (χ0n) is 9.08. The first-order valence-corrected chi connectivity index (χ1v) is 5.14. The standard InChI is InChI=1S/C12H18O2/c1-4-9(3)11-8-10(14-5-2)6-7-12(11)13/h6-9,13H,4-5H2,1-3H3. The molecule has 0 aliphatic rings. The van der Waals surface area contributed by atoms with Gasteiger partial charge in [-0.1, -0.05) is 13.8 Å². The lowest BCUT2D eigenvalue weighted by atomic mass is 9.97. The molecule has 1 N–H and O–H groups in total. The second-order valence-corrected chi connectivity index (χ2v) is 3.46. The van der Waals surface area contributed by atoms with Crippen LogP contribution in [0.5, 0.6) is 11.5 Å². The van der Waals surface area contributed by atoms with Gasteiger partial charge in [0.2, 0.25) is 0 Å². The molecule has 14 heavy (non-hydrogen) atoms. The molecule has 0 saturated heterocycles. The van der Waals surface area contributed by atoms with Gasteiger partial charge in [-0.3, -0.25) is 0 Å². The van der Waals surface area contributed by atoms with Crippen LogP contribution in [0.2, 0.25) is 0 Å². The number of hydrogen-bond acceptors (Lipinski definition) is 2. The molecule has 0 spiro atoms. The third kappa shape index (κ3) is 2.41. The van der Waals surface area contributed by atoms with Crippen molar-refractivity contribution in [1.29, 1.82) is 0 Å². The Kier molecular flexibility index (Phi) is 3.81. The van der Waals surface area contributed by atoms with Crippen molar-refractivity contribution in [1.82, 2.24) is 0 Å². The third-order valence-corrected chi connectivity index (χ3v) is 2.45. The largest absolute Gasteiger partial charge is 0.508 e. The molecule has 1 rings (SSSR count). The lowest BCUT2D eigenvalue weighted by Gasteiger charge is -2.13. The van der Waals surface area contributed by atoms with Crippen LogP contribution in [0.4, 0.5) is 0 Å². The van der Waals surface area contributed by atoms with Gasteiger partial charge in [0.15, 0.2) is 0 Å². The lowest BCUT2D eigenvalue weighted by molar-refractivity contribution is 0.338. The number of hydrogen-bond donors (Lipinski definition) is 1. The summed E-state index contributed by atoms with van der Waals surface area (Å²) in [6.07, 6.45) is 1.02. The number of rotatable bonds is 4. The minimum absolute atomic E-state index is 0.364. The highest BCUT2D eigenvalue weighted by atomic mass is 16.5. The summed E-state index contributed by atoms with van der Waals surface area (Å²) < 4.78 is 5.39. The van der Waals surface area contributed by atoms with Crippen molar-refractivity contribution in [2.75, 3.05) is 6.61 Å². The van der Waals surface area contributed by atoms with Gasteiger partial charge in [-0.25, -0.2) is 0 Å². The maximum atomic E-state index is 9.65. The molecule has 1 atom stereocenters. The molecule has 78 valence electrons. The van der Waals surface area contributed by atoms with Crippen LogP contribution in [-0.2, 0) is 0 Å². The van der Waals surface area contributed by atoms with Crippen LogP contribution in [0.15, 0.2) is 18.2 Å². The highest BCUT2D eigenvalue weighted by Gasteiger charge is 2.09. The quantitative estimate of drug-likeness (QED) is 0.796. The van der Waals surface area contributed by atoms with Crippen molar-refractivity contribution in [2.45, 2.75) is 33.1 Å². The number of phenolic OH excluding ortho intramolecular Hbond substituents is 1. The van der Waals surface area contributed by atoms with E-state index in [9.17, 15) is 5.11 Å². The van der Waals surface area contributed by atoms with Gasteiger partial charge in [0.25, 0.3) is 0 Å². The van der Waals surface area contributed by atoms with Crippen LogP contribution in [0.25, 0.3) is 0 Å². The van der Waals surface area contributed by atoms with Crippen LogP contribution in [0.3, 0.4) is 0 Å². The van der Waals surface area contributed by atoms with Gasteiger partial charge in [-0.2, -0.15) is 0 Å². The molecule has 0 aromatic heterocycles. The number of benzene rings is 1. The second kappa shape index (κ2) is 4.89. The molecule has 0 saturated carbocycles. The molecule has 1 aromatic carbocycles. The normalized spacial score (nSPS) is 12.5. The molecule has 0 amide bonds. The predicted octanol–water partition coefficient (Wildman–Crippen LogP) is 3.30. The average molecular weight is 194 g/mol. The van der Waals surface area contributed by atoms with Crippen molar-refractivity contribution < 1.29 is 9.84 Å². The molecule has 1 unspecified atom stereocenters. The van der Waals surface area contributed by atoms with E-state index in [1.54, 1.807) is 12.1 Å². The van der Waals surface area contributed by atoms with Crippen molar-refractivity contribution in [3.05, 3.63) is 23.8 Å². The fourth-order valence-electron chi connectivity index (χ4n) is 1.40. The first-order valence-electron chi connectivity index (χ1n) is 5.14. The van der Waals surface area contributed by atoms with Crippen LogP contribution in [0.1, 0.15) is 38.7 Å². The molecule has 0 aliphatic carbocycles. The third-order valence-electron chi connectivity index (χ3n) is 2.45. The first kappa shape index (κ1) is 10.9. The predicted molar refractivity (Wildman–Crippen MR) is 58.0 cm³/mol. The first-order chi connectivity index (χ1) is 6.69. The van der Waals surface area contributed by atoms with Crippen molar-refractivity contribution in [2.24, 2.45) is 0 Å². The Morgan fingerprint density at radius 1 is 1.36 bits per heavy atom. The van der Waals surface area contributed by atoms with Crippen LogP contribution < -0.4 is 4.74 Å². The highest BCUT2D eigenvalue weighted by Crippen LogP contribution is 2.31. The van der Waals surface area contributed by atoms with E-state index in [2.05, 4.69) is 13.8 Å². The molecule has 0 aliphatic heterocycles. The van der Waals surface area contributed by atoms with E-state index >= 15 is 0 Å². The lowest BCUT2D eigenvalue weighted by Crippen LogP contribution is -1.96. The summed E-state index contributed by atoms with van der Waals surface area (Å²) in [6.45, 7) is 6.82. The monoisotopic (exact) mass is 194 g/mol. The summed E-state index contributed by atoms with van der Waals surface area (Å²) in [5.41, 5.74) is 0.971. The topological polar surface area (TPSA) is 29.5 Å². The van der Waals surface area contributed by atoms with Gasteiger partial charge < -0.3 is 9.84 Å². The summed E-state index contributed by atoms with van der Waals surface area (Å²) >= 11 is 0.